The van der Waals surface area contributed by atoms with Crippen LogP contribution in [-0.2, 0) is 0 Å². The summed E-state index contributed by atoms with van der Waals surface area (Å²) in [5.41, 5.74) is 10.7. The largest absolute Gasteiger partial charge is 0.381 e. The van der Waals surface area contributed by atoms with Crippen molar-refractivity contribution in [3.8, 4) is 27.9 Å². The number of nitrogens with one attached hydrogen (secondary N) is 1. The fourth-order valence-corrected chi connectivity index (χ4v) is 6.83. The molecule has 0 atom stereocenters. The number of nitrogens with zero attached hydrogens (tertiary/aromatic N) is 2. The Balaban J connectivity index is 1.20. The fourth-order valence-electron chi connectivity index (χ4n) is 6.83. The second-order valence-electron chi connectivity index (χ2n) is 11.7. The van der Waals surface area contributed by atoms with Gasteiger partial charge < -0.3 is 9.88 Å². The molecule has 0 unspecified atom stereocenters. The van der Waals surface area contributed by atoms with Crippen LogP contribution in [0.5, 0.6) is 0 Å². The highest BCUT2D eigenvalue weighted by Gasteiger charge is 2.16. The van der Waals surface area contributed by atoms with Gasteiger partial charge in [0.2, 0.25) is 0 Å². The molecule has 0 radical (unpaired) electrons. The van der Waals surface area contributed by atoms with Crippen LogP contribution in [0.25, 0.3) is 77.0 Å². The van der Waals surface area contributed by atoms with Crippen LogP contribution in [0.2, 0.25) is 0 Å². The van der Waals surface area contributed by atoms with Gasteiger partial charge in [-0.1, -0.05) is 97.1 Å². The lowest BCUT2D eigenvalue weighted by Crippen LogP contribution is -2.14. The smallest absolute Gasteiger partial charge is 0.0619 e. The summed E-state index contributed by atoms with van der Waals surface area (Å²) in [6.45, 7) is 0.871. The van der Waals surface area contributed by atoms with E-state index in [-0.39, 0.29) is 0 Å². The van der Waals surface area contributed by atoms with Gasteiger partial charge in [0.15, 0.2) is 0 Å². The van der Waals surface area contributed by atoms with E-state index in [1.54, 1.807) is 0 Å². The number of rotatable bonds is 4. The summed E-state index contributed by atoms with van der Waals surface area (Å²) in [5.74, 6) is 0. The molecule has 3 heterocycles. The molecule has 8 aromatic rings. The SMILES string of the molecule is C1=CCNC(c2ccc3cc(-c4ccc5c(ccc6c7ccc(-c8cccnc8)cc7n(-c7ccccc7)c56)c4)ccc3c2)=C1. The number of fused-ring (bicyclic) bond motifs is 6. The van der Waals surface area contributed by atoms with E-state index in [4.69, 9.17) is 0 Å². The molecule has 212 valence electrons. The lowest BCUT2D eigenvalue weighted by atomic mass is 9.96. The summed E-state index contributed by atoms with van der Waals surface area (Å²) in [6, 6.07) is 46.6. The first-order valence-corrected chi connectivity index (χ1v) is 15.4. The Morgan fingerprint density at radius 3 is 2.02 bits per heavy atom. The molecule has 1 aliphatic heterocycles. The number of para-hydroxylation sites is 1. The van der Waals surface area contributed by atoms with Gasteiger partial charge >= 0.3 is 0 Å². The number of dihydropyridines is 1. The first-order valence-electron chi connectivity index (χ1n) is 15.4. The number of aromatic nitrogens is 2. The van der Waals surface area contributed by atoms with Gasteiger partial charge in [0.05, 0.1) is 11.0 Å². The highest BCUT2D eigenvalue weighted by Crippen LogP contribution is 2.39. The van der Waals surface area contributed by atoms with Gasteiger partial charge in [-0.15, -0.1) is 0 Å². The average molecular weight is 576 g/mol. The molecule has 6 aromatic carbocycles. The Hall–Kier alpha value is -5.93. The van der Waals surface area contributed by atoms with E-state index in [0.717, 1.165) is 23.4 Å². The number of pyridine rings is 1. The first-order chi connectivity index (χ1) is 22.3. The van der Waals surface area contributed by atoms with Gasteiger partial charge in [0.1, 0.15) is 0 Å². The van der Waals surface area contributed by atoms with Gasteiger partial charge in [-0.2, -0.15) is 0 Å². The van der Waals surface area contributed by atoms with Crippen molar-refractivity contribution in [1.82, 2.24) is 14.9 Å². The first kappa shape index (κ1) is 25.6. The van der Waals surface area contributed by atoms with Gasteiger partial charge in [0.25, 0.3) is 0 Å². The highest BCUT2D eigenvalue weighted by molar-refractivity contribution is 6.19. The minimum Gasteiger partial charge on any atom is -0.381 e. The molecule has 0 spiro atoms. The summed E-state index contributed by atoms with van der Waals surface area (Å²) in [4.78, 5) is 4.36. The van der Waals surface area contributed by atoms with Crippen molar-refractivity contribution in [3.05, 3.63) is 164 Å². The Bertz CT molecular complexity index is 2470. The van der Waals surface area contributed by atoms with Gasteiger partial charge in [0, 0.05) is 52.0 Å². The van der Waals surface area contributed by atoms with Crippen LogP contribution in [0, 0.1) is 0 Å². The van der Waals surface area contributed by atoms with Crippen LogP contribution >= 0.6 is 0 Å². The molecule has 0 amide bonds. The maximum atomic E-state index is 4.36. The maximum Gasteiger partial charge on any atom is 0.0619 e. The monoisotopic (exact) mass is 575 g/mol. The van der Waals surface area contributed by atoms with E-state index in [1.807, 2.05) is 18.5 Å². The highest BCUT2D eigenvalue weighted by atomic mass is 15.0. The molecule has 3 heteroatoms. The van der Waals surface area contributed by atoms with Crippen molar-refractivity contribution >= 4 is 49.0 Å². The summed E-state index contributed by atoms with van der Waals surface area (Å²) in [7, 11) is 0. The normalized spacial score (nSPS) is 13.0. The van der Waals surface area contributed by atoms with Crippen LogP contribution < -0.4 is 5.32 Å². The van der Waals surface area contributed by atoms with E-state index in [9.17, 15) is 0 Å². The summed E-state index contributed by atoms with van der Waals surface area (Å²) in [5, 5.41) is 10.9. The van der Waals surface area contributed by atoms with Gasteiger partial charge in [-0.3, -0.25) is 4.98 Å². The lowest BCUT2D eigenvalue weighted by molar-refractivity contribution is 0.996. The molecule has 0 saturated carbocycles. The standard InChI is InChI=1S/C42H29N3/c1-2-8-36(9-3-1)45-41-26-32(35-7-6-21-43-27-35)16-19-38(41)39-20-17-33-24-31(15-18-37(33)42(39)45)28-11-12-30-25-34(14-13-29(30)23-28)40-10-4-5-22-44-40/h1-21,23-27,44H,22H2. The third kappa shape index (κ3) is 4.32. The number of allylic oxidation sites excluding steroid dienone is 2. The van der Waals surface area contributed by atoms with Crippen molar-refractivity contribution in [1.29, 1.82) is 0 Å². The molecule has 45 heavy (non-hydrogen) atoms. The molecule has 1 aliphatic rings. The topological polar surface area (TPSA) is 29.9 Å². The minimum absolute atomic E-state index is 0.871. The van der Waals surface area contributed by atoms with Crippen LogP contribution in [-0.4, -0.2) is 16.1 Å². The lowest BCUT2D eigenvalue weighted by Gasteiger charge is -2.13. The van der Waals surface area contributed by atoms with Gasteiger partial charge in [-0.05, 0) is 87.0 Å². The van der Waals surface area contributed by atoms with Crippen LogP contribution in [0.3, 0.4) is 0 Å². The Morgan fingerprint density at radius 1 is 0.556 bits per heavy atom. The predicted octanol–water partition coefficient (Wildman–Crippen LogP) is 10.3. The Labute approximate surface area is 261 Å². The van der Waals surface area contributed by atoms with Gasteiger partial charge in [-0.25, -0.2) is 0 Å². The molecular formula is C42H29N3. The fraction of sp³-hybridized carbons (Fsp3) is 0.0238. The van der Waals surface area contributed by atoms with Crippen molar-refractivity contribution in [2.75, 3.05) is 6.54 Å². The molecule has 0 aliphatic carbocycles. The van der Waals surface area contributed by atoms with Crippen molar-refractivity contribution in [3.63, 3.8) is 0 Å². The minimum atomic E-state index is 0.871. The number of benzene rings is 6. The molecule has 3 nitrogen and oxygen atoms in total. The zero-order valence-electron chi connectivity index (χ0n) is 24.6. The Kier molecular flexibility index (Phi) is 5.88. The van der Waals surface area contributed by atoms with E-state index >= 15 is 0 Å². The van der Waals surface area contributed by atoms with Crippen molar-refractivity contribution in [2.24, 2.45) is 0 Å². The summed E-state index contributed by atoms with van der Waals surface area (Å²) < 4.78 is 2.42. The quantitative estimate of drug-likeness (QED) is 0.226. The molecule has 1 N–H and O–H groups in total. The third-order valence-electron chi connectivity index (χ3n) is 9.05. The zero-order chi connectivity index (χ0) is 29.7. The van der Waals surface area contributed by atoms with Crippen LogP contribution in [0.4, 0.5) is 0 Å². The molecule has 0 saturated heterocycles. The molecule has 9 rings (SSSR count). The second-order valence-corrected chi connectivity index (χ2v) is 11.7. The van der Waals surface area contributed by atoms with E-state index in [2.05, 4.69) is 154 Å². The van der Waals surface area contributed by atoms with Crippen molar-refractivity contribution < 1.29 is 0 Å². The predicted molar refractivity (Wildman–Crippen MR) is 190 cm³/mol. The van der Waals surface area contributed by atoms with E-state index in [1.165, 1.54) is 65.7 Å². The zero-order valence-corrected chi connectivity index (χ0v) is 24.6. The number of hydrogen-bond donors (Lipinski definition) is 1. The van der Waals surface area contributed by atoms with Crippen LogP contribution in [0.1, 0.15) is 5.56 Å². The average Bonchev–Trinajstić information content (AvgIpc) is 3.46. The molecule has 0 bridgehead atoms. The van der Waals surface area contributed by atoms with E-state index < -0.39 is 0 Å². The second kappa shape index (κ2) is 10.4. The Morgan fingerprint density at radius 2 is 1.24 bits per heavy atom. The molecule has 2 aromatic heterocycles. The van der Waals surface area contributed by atoms with Crippen molar-refractivity contribution in [2.45, 2.75) is 0 Å². The summed E-state index contributed by atoms with van der Waals surface area (Å²) >= 11 is 0. The number of hydrogen-bond acceptors (Lipinski definition) is 2. The molecule has 0 fully saturated rings. The third-order valence-corrected chi connectivity index (χ3v) is 9.05. The van der Waals surface area contributed by atoms with Crippen LogP contribution in [0.15, 0.2) is 158 Å². The maximum absolute atomic E-state index is 4.36. The molecular weight excluding hydrogens is 546 g/mol. The summed E-state index contributed by atoms with van der Waals surface area (Å²) in [6.07, 6.45) is 10.1. The van der Waals surface area contributed by atoms with E-state index in [0.29, 0.717) is 0 Å².